The number of hydrogen-bond donors (Lipinski definition) is 0. The first-order valence-corrected chi connectivity index (χ1v) is 11.7. The van der Waals surface area contributed by atoms with E-state index in [0.29, 0.717) is 45.5 Å². The molecule has 0 saturated heterocycles. The summed E-state index contributed by atoms with van der Waals surface area (Å²) in [5, 5.41) is 13.1. The fourth-order valence-corrected chi connectivity index (χ4v) is 4.74. The van der Waals surface area contributed by atoms with Crippen molar-refractivity contribution < 1.29 is 19.2 Å². The highest BCUT2D eigenvalue weighted by molar-refractivity contribution is 9.10. The number of ether oxygens (including phenoxy) is 1. The van der Waals surface area contributed by atoms with Crippen LogP contribution in [0.25, 0.3) is 21.9 Å². The van der Waals surface area contributed by atoms with E-state index in [1.54, 1.807) is 48.5 Å². The number of amides is 2. The van der Waals surface area contributed by atoms with Gasteiger partial charge in [-0.1, -0.05) is 40.2 Å². The van der Waals surface area contributed by atoms with Crippen LogP contribution in [0.1, 0.15) is 33.2 Å². The molecule has 1 aliphatic rings. The normalized spacial score (nSPS) is 12.8. The number of carbonyl (C=O) groups excluding carboxylic acids is 2. The van der Waals surface area contributed by atoms with Gasteiger partial charge in [0.05, 0.1) is 28.3 Å². The quantitative estimate of drug-likeness (QED) is 0.163. The average molecular weight is 531 g/mol. The van der Waals surface area contributed by atoms with Gasteiger partial charge in [0.1, 0.15) is 5.75 Å². The van der Waals surface area contributed by atoms with E-state index < -0.39 is 16.7 Å². The maximum atomic E-state index is 13.6. The molecule has 0 radical (unpaired) electrons. The standard InChI is InChI=1S/C27H19BrN2O5/c1-3-35-18-10-8-17(9-11-18)29-26(31)20-6-4-5-19-24(16-7-12-22(28)15(2)13-16)23(30(33)34)14-21(25(19)20)27(29)32/h4-14H,3H2,1-2H3. The van der Waals surface area contributed by atoms with Gasteiger partial charge in [-0.15, -0.1) is 0 Å². The van der Waals surface area contributed by atoms with Crippen molar-refractivity contribution in [2.45, 2.75) is 13.8 Å². The van der Waals surface area contributed by atoms with E-state index in [1.807, 2.05) is 26.0 Å². The van der Waals surface area contributed by atoms with Gasteiger partial charge in [-0.25, -0.2) is 4.90 Å². The largest absolute Gasteiger partial charge is 0.494 e. The number of nitro groups is 1. The summed E-state index contributed by atoms with van der Waals surface area (Å²) in [6, 6.07) is 18.4. The second kappa shape index (κ2) is 8.63. The highest BCUT2D eigenvalue weighted by Crippen LogP contribution is 2.43. The topological polar surface area (TPSA) is 89.8 Å². The molecule has 0 saturated carbocycles. The van der Waals surface area contributed by atoms with Crippen LogP contribution in [-0.4, -0.2) is 23.3 Å². The predicted molar refractivity (Wildman–Crippen MR) is 137 cm³/mol. The Balaban J connectivity index is 1.76. The van der Waals surface area contributed by atoms with Gasteiger partial charge in [-0.05, 0) is 66.8 Å². The fourth-order valence-electron chi connectivity index (χ4n) is 4.49. The molecule has 2 amide bonds. The third kappa shape index (κ3) is 3.66. The average Bonchev–Trinajstić information content (AvgIpc) is 2.85. The van der Waals surface area contributed by atoms with Crippen LogP contribution in [0.15, 0.2) is 71.2 Å². The van der Waals surface area contributed by atoms with Gasteiger partial charge in [-0.2, -0.15) is 0 Å². The number of imide groups is 1. The Kier molecular flexibility index (Phi) is 5.61. The van der Waals surface area contributed by atoms with Gasteiger partial charge in [0.2, 0.25) is 0 Å². The van der Waals surface area contributed by atoms with Crippen molar-refractivity contribution in [2.24, 2.45) is 0 Å². The number of anilines is 1. The molecule has 0 fully saturated rings. The van der Waals surface area contributed by atoms with E-state index >= 15 is 0 Å². The van der Waals surface area contributed by atoms with Crippen molar-refractivity contribution in [3.8, 4) is 16.9 Å². The third-order valence-corrected chi connectivity index (χ3v) is 6.95. The Bertz CT molecular complexity index is 1550. The van der Waals surface area contributed by atoms with Crippen LogP contribution in [0.5, 0.6) is 5.75 Å². The minimum absolute atomic E-state index is 0.119. The number of rotatable bonds is 5. The number of benzene rings is 4. The summed E-state index contributed by atoms with van der Waals surface area (Å²) < 4.78 is 6.33. The minimum atomic E-state index is -0.607. The molecule has 4 aromatic carbocycles. The summed E-state index contributed by atoms with van der Waals surface area (Å²) in [6.45, 7) is 4.24. The number of aryl methyl sites for hydroxylation is 1. The molecule has 1 heterocycles. The Morgan fingerprint density at radius 2 is 1.69 bits per heavy atom. The van der Waals surface area contributed by atoms with E-state index in [1.165, 1.54) is 6.07 Å². The van der Waals surface area contributed by atoms with E-state index in [-0.39, 0.29) is 11.3 Å². The van der Waals surface area contributed by atoms with Crippen LogP contribution in [0.4, 0.5) is 11.4 Å². The molecule has 174 valence electrons. The molecule has 0 spiro atoms. The smallest absolute Gasteiger partial charge is 0.278 e. The molecule has 0 N–H and O–H groups in total. The Hall–Kier alpha value is -4.04. The first-order valence-electron chi connectivity index (χ1n) is 10.9. The van der Waals surface area contributed by atoms with Crippen LogP contribution >= 0.6 is 15.9 Å². The molecule has 0 aromatic heterocycles. The molecule has 8 heteroatoms. The Labute approximate surface area is 209 Å². The predicted octanol–water partition coefficient (Wildman–Crippen LogP) is 6.69. The van der Waals surface area contributed by atoms with Crippen LogP contribution < -0.4 is 9.64 Å². The number of halogens is 1. The van der Waals surface area contributed by atoms with Crippen molar-refractivity contribution in [1.29, 1.82) is 0 Å². The molecular weight excluding hydrogens is 512 g/mol. The molecular formula is C27H19BrN2O5. The molecule has 0 unspecified atom stereocenters. The van der Waals surface area contributed by atoms with Gasteiger partial charge in [-0.3, -0.25) is 19.7 Å². The fraction of sp³-hybridized carbons (Fsp3) is 0.111. The van der Waals surface area contributed by atoms with E-state index in [2.05, 4.69) is 15.9 Å². The lowest BCUT2D eigenvalue weighted by Gasteiger charge is -2.28. The zero-order valence-corrected chi connectivity index (χ0v) is 20.5. The van der Waals surface area contributed by atoms with Gasteiger partial charge in [0.25, 0.3) is 17.5 Å². The lowest BCUT2D eigenvalue weighted by Crippen LogP contribution is -2.40. The molecule has 0 atom stereocenters. The number of carbonyl (C=O) groups is 2. The lowest BCUT2D eigenvalue weighted by atomic mass is 9.87. The van der Waals surface area contributed by atoms with Crippen LogP contribution in [0.2, 0.25) is 0 Å². The zero-order chi connectivity index (χ0) is 24.9. The highest BCUT2D eigenvalue weighted by atomic mass is 79.9. The molecule has 35 heavy (non-hydrogen) atoms. The second-order valence-corrected chi connectivity index (χ2v) is 8.99. The van der Waals surface area contributed by atoms with Gasteiger partial charge in [0.15, 0.2) is 0 Å². The van der Waals surface area contributed by atoms with E-state index in [4.69, 9.17) is 4.74 Å². The molecule has 7 nitrogen and oxygen atoms in total. The van der Waals surface area contributed by atoms with Crippen LogP contribution in [0.3, 0.4) is 0 Å². The number of nitro benzene ring substituents is 1. The first kappa shape index (κ1) is 22.7. The minimum Gasteiger partial charge on any atom is -0.494 e. The van der Waals surface area contributed by atoms with E-state index in [0.717, 1.165) is 14.9 Å². The van der Waals surface area contributed by atoms with Crippen LogP contribution in [-0.2, 0) is 0 Å². The van der Waals surface area contributed by atoms with Crippen molar-refractivity contribution in [1.82, 2.24) is 0 Å². The molecule has 0 aliphatic carbocycles. The first-order chi connectivity index (χ1) is 16.8. The van der Waals surface area contributed by atoms with Crippen molar-refractivity contribution in [3.05, 3.63) is 98.0 Å². The molecule has 1 aliphatic heterocycles. The number of hydrogen-bond acceptors (Lipinski definition) is 5. The zero-order valence-electron chi connectivity index (χ0n) is 18.9. The molecule has 0 bridgehead atoms. The Morgan fingerprint density at radius 3 is 2.34 bits per heavy atom. The lowest BCUT2D eigenvalue weighted by molar-refractivity contribution is -0.384. The van der Waals surface area contributed by atoms with E-state index in [9.17, 15) is 19.7 Å². The second-order valence-electron chi connectivity index (χ2n) is 8.14. The Morgan fingerprint density at radius 1 is 0.971 bits per heavy atom. The van der Waals surface area contributed by atoms with Gasteiger partial charge >= 0.3 is 0 Å². The van der Waals surface area contributed by atoms with Gasteiger partial charge < -0.3 is 4.74 Å². The maximum absolute atomic E-state index is 13.6. The monoisotopic (exact) mass is 530 g/mol. The van der Waals surface area contributed by atoms with Crippen molar-refractivity contribution >= 4 is 49.9 Å². The van der Waals surface area contributed by atoms with Crippen molar-refractivity contribution in [2.75, 3.05) is 11.5 Å². The van der Waals surface area contributed by atoms with Crippen molar-refractivity contribution in [3.63, 3.8) is 0 Å². The maximum Gasteiger partial charge on any atom is 0.278 e. The summed E-state index contributed by atoms with van der Waals surface area (Å²) >= 11 is 3.46. The number of nitrogens with zero attached hydrogens (tertiary/aromatic N) is 2. The van der Waals surface area contributed by atoms with Gasteiger partial charge in [0, 0.05) is 21.5 Å². The highest BCUT2D eigenvalue weighted by Gasteiger charge is 2.37. The summed E-state index contributed by atoms with van der Waals surface area (Å²) in [4.78, 5) is 39.9. The SMILES string of the molecule is CCOc1ccc(N2C(=O)c3cccc4c(-c5ccc(Br)c(C)c5)c([N+](=O)[O-])cc(c34)C2=O)cc1. The summed E-state index contributed by atoms with van der Waals surface area (Å²) in [6.07, 6.45) is 0. The third-order valence-electron chi connectivity index (χ3n) is 6.06. The summed E-state index contributed by atoms with van der Waals surface area (Å²) in [5.41, 5.74) is 2.52. The van der Waals surface area contributed by atoms with Crippen LogP contribution in [0, 0.1) is 17.0 Å². The summed E-state index contributed by atoms with van der Waals surface area (Å²) in [7, 11) is 0. The molecule has 4 aromatic rings. The molecule has 5 rings (SSSR count). The summed E-state index contributed by atoms with van der Waals surface area (Å²) in [5.74, 6) is -0.478.